The number of ether oxygens (including phenoxy) is 6. The van der Waals surface area contributed by atoms with Gasteiger partial charge in [-0.25, -0.2) is 4.79 Å². The number of hydrogen-bond acceptors (Lipinski definition) is 7. The van der Waals surface area contributed by atoms with Gasteiger partial charge < -0.3 is 34.0 Å². The van der Waals surface area contributed by atoms with Crippen molar-refractivity contribution >= 4 is 11.7 Å². The van der Waals surface area contributed by atoms with Crippen molar-refractivity contribution in [1.82, 2.24) is 0 Å². The summed E-state index contributed by atoms with van der Waals surface area (Å²) in [5.74, 6) is -2.46. The molecule has 0 aromatic heterocycles. The Labute approximate surface area is 168 Å². The predicted molar refractivity (Wildman–Crippen MR) is 97.7 cm³/mol. The fraction of sp³-hybridized carbons (Fsp3) is 0.600. The third-order valence-corrected chi connectivity index (χ3v) is 5.01. The SMILES string of the molecule is CC1(C)O[C@H]2O[C@H]([C@H]3COC(C)(C)O3)[C@H](OC(=O)C(=[N+]=[N-])c3ccccc3)[C@H]2O1. The summed E-state index contributed by atoms with van der Waals surface area (Å²) in [6, 6.07) is 8.55. The topological polar surface area (TPSA) is 109 Å². The summed E-state index contributed by atoms with van der Waals surface area (Å²) >= 11 is 0. The first kappa shape index (κ1) is 20.2. The second kappa shape index (κ2) is 7.28. The summed E-state index contributed by atoms with van der Waals surface area (Å²) < 4.78 is 35.0. The first-order chi connectivity index (χ1) is 13.7. The zero-order chi connectivity index (χ0) is 20.8. The first-order valence-corrected chi connectivity index (χ1v) is 9.50. The summed E-state index contributed by atoms with van der Waals surface area (Å²) in [6.45, 7) is 7.38. The van der Waals surface area contributed by atoms with Crippen LogP contribution in [0.4, 0.5) is 0 Å². The minimum atomic E-state index is -0.884. The lowest BCUT2D eigenvalue weighted by atomic mass is 10.1. The van der Waals surface area contributed by atoms with E-state index in [1.807, 2.05) is 0 Å². The van der Waals surface area contributed by atoms with Crippen molar-refractivity contribution in [3.63, 3.8) is 0 Å². The quantitative estimate of drug-likeness (QED) is 0.325. The second-order valence-electron chi connectivity index (χ2n) is 8.12. The van der Waals surface area contributed by atoms with Gasteiger partial charge in [0.25, 0.3) is 0 Å². The van der Waals surface area contributed by atoms with Crippen molar-refractivity contribution < 1.29 is 38.0 Å². The molecule has 1 aromatic carbocycles. The van der Waals surface area contributed by atoms with Crippen LogP contribution in [0.2, 0.25) is 0 Å². The highest BCUT2D eigenvalue weighted by Crippen LogP contribution is 2.42. The van der Waals surface area contributed by atoms with Crippen LogP contribution in [0.3, 0.4) is 0 Å². The monoisotopic (exact) mass is 404 g/mol. The fourth-order valence-corrected chi connectivity index (χ4v) is 3.81. The lowest BCUT2D eigenvalue weighted by molar-refractivity contribution is -0.234. The Balaban J connectivity index is 1.57. The molecule has 3 fully saturated rings. The maximum Gasteiger partial charge on any atom is 0.422 e. The van der Waals surface area contributed by atoms with Gasteiger partial charge in [0.15, 0.2) is 30.1 Å². The van der Waals surface area contributed by atoms with Crippen LogP contribution in [0.15, 0.2) is 30.3 Å². The number of fused-ring (bicyclic) bond motifs is 1. The Morgan fingerprint density at radius 1 is 1.07 bits per heavy atom. The highest BCUT2D eigenvalue weighted by molar-refractivity contribution is 6.40. The minimum absolute atomic E-state index is 0.213. The maximum atomic E-state index is 12.8. The molecule has 0 unspecified atom stereocenters. The number of rotatable bonds is 4. The summed E-state index contributed by atoms with van der Waals surface area (Å²) in [6.07, 6.45) is -3.34. The molecule has 0 saturated carbocycles. The molecule has 0 bridgehead atoms. The van der Waals surface area contributed by atoms with Crippen molar-refractivity contribution in [2.75, 3.05) is 6.61 Å². The number of carbonyl (C=O) groups excluding carboxylic acids is 1. The van der Waals surface area contributed by atoms with Gasteiger partial charge in [-0.3, -0.25) is 0 Å². The Kier molecular flexibility index (Phi) is 5.06. The van der Waals surface area contributed by atoms with E-state index in [0.29, 0.717) is 5.56 Å². The molecule has 3 heterocycles. The van der Waals surface area contributed by atoms with Gasteiger partial charge >= 0.3 is 11.7 Å². The van der Waals surface area contributed by atoms with Gasteiger partial charge in [-0.15, -0.1) is 0 Å². The molecule has 4 rings (SSSR count). The van der Waals surface area contributed by atoms with Crippen LogP contribution in [0, 0.1) is 0 Å². The highest BCUT2D eigenvalue weighted by atomic mass is 16.8. The average molecular weight is 404 g/mol. The number of esters is 1. The molecule has 5 atom stereocenters. The largest absolute Gasteiger partial charge is 0.448 e. The molecule has 156 valence electrons. The Morgan fingerprint density at radius 2 is 1.79 bits per heavy atom. The minimum Gasteiger partial charge on any atom is -0.448 e. The Hall–Kier alpha value is -2.13. The van der Waals surface area contributed by atoms with Crippen molar-refractivity contribution in [2.45, 2.75) is 70.0 Å². The summed E-state index contributed by atoms with van der Waals surface area (Å²) in [4.78, 5) is 16.0. The van der Waals surface area contributed by atoms with Gasteiger partial charge in [-0.05, 0) is 39.8 Å². The predicted octanol–water partition coefficient (Wildman–Crippen LogP) is 1.65. The van der Waals surface area contributed by atoms with Gasteiger partial charge in [-0.1, -0.05) is 18.2 Å². The van der Waals surface area contributed by atoms with Crippen molar-refractivity contribution in [2.24, 2.45) is 0 Å². The normalized spacial score (nSPS) is 34.4. The second-order valence-corrected chi connectivity index (χ2v) is 8.12. The molecule has 0 radical (unpaired) electrons. The van der Waals surface area contributed by atoms with Crippen LogP contribution in [-0.2, 0) is 33.2 Å². The molecule has 9 nitrogen and oxygen atoms in total. The fourth-order valence-electron chi connectivity index (χ4n) is 3.81. The van der Waals surface area contributed by atoms with Crippen LogP contribution < -0.4 is 0 Å². The average Bonchev–Trinajstić information content (AvgIpc) is 3.27. The molecule has 3 aliphatic rings. The van der Waals surface area contributed by atoms with E-state index in [1.54, 1.807) is 58.0 Å². The molecular weight excluding hydrogens is 380 g/mol. The van der Waals surface area contributed by atoms with Crippen molar-refractivity contribution in [3.05, 3.63) is 41.4 Å². The van der Waals surface area contributed by atoms with Gasteiger partial charge in [0.2, 0.25) is 0 Å². The van der Waals surface area contributed by atoms with E-state index in [9.17, 15) is 10.3 Å². The molecule has 0 amide bonds. The lowest BCUT2D eigenvalue weighted by Crippen LogP contribution is -2.46. The summed E-state index contributed by atoms with van der Waals surface area (Å²) in [7, 11) is 0. The number of carbonyl (C=O) groups is 1. The zero-order valence-corrected chi connectivity index (χ0v) is 16.7. The molecule has 0 spiro atoms. The van der Waals surface area contributed by atoms with E-state index in [1.165, 1.54) is 0 Å². The van der Waals surface area contributed by atoms with Crippen LogP contribution in [0.5, 0.6) is 0 Å². The van der Waals surface area contributed by atoms with Crippen LogP contribution in [0.25, 0.3) is 5.53 Å². The zero-order valence-electron chi connectivity index (χ0n) is 16.7. The maximum absolute atomic E-state index is 12.8. The molecule has 9 heteroatoms. The van der Waals surface area contributed by atoms with E-state index in [-0.39, 0.29) is 12.3 Å². The molecule has 29 heavy (non-hydrogen) atoms. The summed E-state index contributed by atoms with van der Waals surface area (Å²) in [5, 5.41) is 0. The summed E-state index contributed by atoms with van der Waals surface area (Å²) in [5.41, 5.74) is 9.61. The number of hydrogen-bond donors (Lipinski definition) is 0. The van der Waals surface area contributed by atoms with E-state index in [4.69, 9.17) is 28.4 Å². The van der Waals surface area contributed by atoms with Crippen LogP contribution in [-0.4, -0.2) is 65.4 Å². The van der Waals surface area contributed by atoms with E-state index in [2.05, 4.69) is 4.79 Å². The molecule has 3 aliphatic heterocycles. The molecule has 0 aliphatic carbocycles. The number of nitrogens with zero attached hydrogens (tertiary/aromatic N) is 2. The van der Waals surface area contributed by atoms with Gasteiger partial charge in [0, 0.05) is 0 Å². The molecule has 0 N–H and O–H groups in total. The van der Waals surface area contributed by atoms with Crippen LogP contribution >= 0.6 is 0 Å². The van der Waals surface area contributed by atoms with E-state index < -0.39 is 48.2 Å². The first-order valence-electron chi connectivity index (χ1n) is 9.50. The highest BCUT2D eigenvalue weighted by Gasteiger charge is 2.60. The van der Waals surface area contributed by atoms with Gasteiger partial charge in [0.1, 0.15) is 12.2 Å². The Bertz CT molecular complexity index is 834. The van der Waals surface area contributed by atoms with Gasteiger partial charge in [-0.2, -0.15) is 4.79 Å². The van der Waals surface area contributed by atoms with E-state index >= 15 is 0 Å². The molecule has 3 saturated heterocycles. The smallest absolute Gasteiger partial charge is 0.422 e. The standard InChI is InChI=1S/C20H24N2O7/c1-19(2)24-10-12(27-19)14-15(16-18(26-14)29-20(3,4)28-16)25-17(23)13(22-21)11-8-6-5-7-9-11/h5-9,12,14-16,18H,10H2,1-4H3/t12-,14-,15+,16-,18-/m1/s1. The number of benzene rings is 1. The Morgan fingerprint density at radius 3 is 2.41 bits per heavy atom. The van der Waals surface area contributed by atoms with Crippen LogP contribution in [0.1, 0.15) is 33.3 Å². The molecule has 1 aromatic rings. The molecular formula is C20H24N2O7. The van der Waals surface area contributed by atoms with Crippen molar-refractivity contribution in [3.8, 4) is 0 Å². The van der Waals surface area contributed by atoms with Gasteiger partial charge in [0.05, 0.1) is 12.2 Å². The van der Waals surface area contributed by atoms with E-state index in [0.717, 1.165) is 0 Å². The third-order valence-electron chi connectivity index (χ3n) is 5.01. The van der Waals surface area contributed by atoms with Crippen molar-refractivity contribution in [1.29, 1.82) is 0 Å². The lowest BCUT2D eigenvalue weighted by Gasteiger charge is -2.28. The third kappa shape index (κ3) is 3.98.